The van der Waals surface area contributed by atoms with Crippen molar-refractivity contribution >= 4 is 22.6 Å². The summed E-state index contributed by atoms with van der Waals surface area (Å²) >= 11 is 1.49. The molecule has 0 N–H and O–H groups in total. The Hall–Kier alpha value is -1.07. The lowest BCUT2D eigenvalue weighted by Gasteiger charge is -2.01. The van der Waals surface area contributed by atoms with Crippen LogP contribution in [0.1, 0.15) is 16.8 Å². The van der Waals surface area contributed by atoms with Crippen molar-refractivity contribution in [1.29, 1.82) is 0 Å². The number of hydrogen-bond donors (Lipinski definition) is 0. The van der Waals surface area contributed by atoms with Crippen molar-refractivity contribution in [1.82, 2.24) is 4.99 Å². The highest BCUT2D eigenvalue weighted by molar-refractivity contribution is 8.16. The number of nitrogens with zero attached hydrogens (tertiary/aromatic N) is 1. The van der Waals surface area contributed by atoms with Gasteiger partial charge in [0.25, 0.3) is 5.04 Å². The molecule has 3 nitrogen and oxygen atoms in total. The second kappa shape index (κ2) is 6.61. The Labute approximate surface area is 115 Å². The van der Waals surface area contributed by atoms with Gasteiger partial charge in [0, 0.05) is 5.56 Å². The predicted octanol–water partition coefficient (Wildman–Crippen LogP) is -0.776. The molecule has 0 spiro atoms. The lowest BCUT2D eigenvalue weighted by atomic mass is 10.1. The van der Waals surface area contributed by atoms with Crippen LogP contribution < -0.4 is 26.7 Å². The summed E-state index contributed by atoms with van der Waals surface area (Å²) in [5.41, 5.74) is 0.662. The van der Waals surface area contributed by atoms with Gasteiger partial charge in [-0.25, -0.2) is 0 Å². The zero-order valence-electron chi connectivity index (χ0n) is 9.22. The van der Waals surface area contributed by atoms with Crippen molar-refractivity contribution in [2.75, 3.05) is 7.11 Å². The Kier molecular flexibility index (Phi) is 5.44. The van der Waals surface area contributed by atoms with Crippen LogP contribution in [-0.4, -0.2) is 17.9 Å². The number of Topliss-reactive ketones (excluding diaryl/α,β-unsaturated/α-hetero) is 1. The molecular weight excluding hydrogens is 302 g/mol. The Bertz CT molecular complexity index is 471. The highest BCUT2D eigenvalue weighted by atomic mass is 79.9. The fraction of sp³-hybridized carbons (Fsp3) is 0.167. The maximum absolute atomic E-state index is 11.9. The van der Waals surface area contributed by atoms with E-state index in [-0.39, 0.29) is 22.8 Å². The largest absolute Gasteiger partial charge is 1.00 e. The third-order valence-electron chi connectivity index (χ3n) is 2.19. The standard InChI is InChI=1S/C12H11NO2S.BrH/c1-15-10-4-2-3-9(7-10)11(14)8-12-13-5-6-16-12;/h2-7H,8H2,1H3;1H/q+1;/p-1. The van der Waals surface area contributed by atoms with E-state index in [4.69, 9.17) is 4.74 Å². The molecule has 1 radical (unpaired) electrons. The molecule has 0 bridgehead atoms. The number of methoxy groups -OCH3 is 1. The van der Waals surface area contributed by atoms with Crippen LogP contribution in [0.15, 0.2) is 35.9 Å². The molecule has 17 heavy (non-hydrogen) atoms. The average Bonchev–Trinajstić information content (AvgIpc) is 2.82. The Morgan fingerprint density at radius 2 is 2.29 bits per heavy atom. The van der Waals surface area contributed by atoms with Gasteiger partial charge in [0.1, 0.15) is 12.2 Å². The molecule has 0 aliphatic carbocycles. The molecule has 0 fully saturated rings. The number of benzene rings is 1. The van der Waals surface area contributed by atoms with Gasteiger partial charge in [0.2, 0.25) is 6.20 Å². The number of thioether (sulfide) groups is 1. The molecule has 0 unspecified atom stereocenters. The third kappa shape index (κ3) is 3.71. The molecule has 5 heteroatoms. The molecule has 0 amide bonds. The van der Waals surface area contributed by atoms with Gasteiger partial charge in [-0.1, -0.05) is 12.1 Å². The van der Waals surface area contributed by atoms with Crippen LogP contribution in [0.2, 0.25) is 0 Å². The van der Waals surface area contributed by atoms with Crippen LogP contribution in [0.5, 0.6) is 5.75 Å². The topological polar surface area (TPSA) is 40.4 Å². The predicted molar refractivity (Wildman–Crippen MR) is 65.8 cm³/mol. The zero-order valence-corrected chi connectivity index (χ0v) is 11.6. The molecular formula is C12H11BrNO2S. The summed E-state index contributed by atoms with van der Waals surface area (Å²) < 4.78 is 5.07. The quantitative estimate of drug-likeness (QED) is 0.685. The van der Waals surface area contributed by atoms with Gasteiger partial charge in [-0.15, -0.1) is 0 Å². The monoisotopic (exact) mass is 312 g/mol. The van der Waals surface area contributed by atoms with Gasteiger partial charge in [0.15, 0.2) is 5.78 Å². The first-order valence-corrected chi connectivity index (χ1v) is 5.73. The molecule has 89 valence electrons. The second-order valence-electron chi connectivity index (χ2n) is 3.26. The zero-order chi connectivity index (χ0) is 11.4. The summed E-state index contributed by atoms with van der Waals surface area (Å²) in [6, 6.07) is 7.17. The van der Waals surface area contributed by atoms with Gasteiger partial charge in [-0.05, 0) is 23.9 Å². The van der Waals surface area contributed by atoms with Crippen molar-refractivity contribution in [2.24, 2.45) is 0 Å². The smallest absolute Gasteiger partial charge is 0.299 e. The van der Waals surface area contributed by atoms with Crippen LogP contribution >= 0.6 is 11.8 Å². The Morgan fingerprint density at radius 1 is 1.47 bits per heavy atom. The molecule has 1 aliphatic rings. The van der Waals surface area contributed by atoms with Crippen LogP contribution in [0, 0.1) is 0 Å². The number of rotatable bonds is 4. The van der Waals surface area contributed by atoms with Crippen LogP contribution in [-0.2, 0) is 0 Å². The molecule has 2 rings (SSSR count). The summed E-state index contributed by atoms with van der Waals surface area (Å²) in [6.07, 6.45) is 2.06. The van der Waals surface area contributed by atoms with E-state index in [2.05, 4.69) is 4.99 Å². The van der Waals surface area contributed by atoms with E-state index in [1.807, 2.05) is 17.5 Å². The van der Waals surface area contributed by atoms with Crippen molar-refractivity contribution in [3.05, 3.63) is 41.4 Å². The van der Waals surface area contributed by atoms with E-state index >= 15 is 0 Å². The first-order chi connectivity index (χ1) is 7.79. The van der Waals surface area contributed by atoms with E-state index in [0.717, 1.165) is 5.04 Å². The number of carbonyl (C=O) groups is 1. The first kappa shape index (κ1) is 14.0. The summed E-state index contributed by atoms with van der Waals surface area (Å²) in [5, 5.41) is 2.71. The SMILES string of the molecule is COc1cccc(C(=O)CC2=[N+]C=CS2)c1.[Br-]. The van der Waals surface area contributed by atoms with Crippen LogP contribution in [0.4, 0.5) is 0 Å². The van der Waals surface area contributed by atoms with Crippen molar-refractivity contribution in [2.45, 2.75) is 6.42 Å². The molecule has 1 aromatic rings. The van der Waals surface area contributed by atoms with Gasteiger partial charge >= 0.3 is 0 Å². The highest BCUT2D eigenvalue weighted by Gasteiger charge is 2.20. The molecule has 1 heterocycles. The van der Waals surface area contributed by atoms with E-state index in [0.29, 0.717) is 17.7 Å². The van der Waals surface area contributed by atoms with E-state index < -0.39 is 0 Å². The number of carbonyl (C=O) groups excluding carboxylic acids is 1. The number of hydrogen-bond acceptors (Lipinski definition) is 4. The minimum Gasteiger partial charge on any atom is -1.00 e. The minimum absolute atomic E-state index is 0. The van der Waals surface area contributed by atoms with Gasteiger partial charge < -0.3 is 21.7 Å². The van der Waals surface area contributed by atoms with E-state index in [1.54, 1.807) is 25.4 Å². The lowest BCUT2D eigenvalue weighted by molar-refractivity contribution is -0.0000115. The second-order valence-corrected chi connectivity index (χ2v) is 4.24. The minimum atomic E-state index is 0. The summed E-state index contributed by atoms with van der Waals surface area (Å²) in [6.45, 7) is 0. The number of aliphatic imine (C=N–C) groups is 1. The molecule has 1 aromatic carbocycles. The molecule has 1 aliphatic heterocycles. The maximum atomic E-state index is 11.9. The number of ketones is 1. The van der Waals surface area contributed by atoms with Crippen molar-refractivity contribution < 1.29 is 26.5 Å². The maximum Gasteiger partial charge on any atom is 0.299 e. The number of ether oxygens (including phenoxy) is 1. The van der Waals surface area contributed by atoms with Gasteiger partial charge in [0.05, 0.1) is 17.5 Å². The average molecular weight is 313 g/mol. The van der Waals surface area contributed by atoms with Crippen LogP contribution in [0.3, 0.4) is 0 Å². The van der Waals surface area contributed by atoms with Crippen molar-refractivity contribution in [3.8, 4) is 5.75 Å². The van der Waals surface area contributed by atoms with Gasteiger partial charge in [-0.3, -0.25) is 4.79 Å². The molecule has 0 atom stereocenters. The summed E-state index contributed by atoms with van der Waals surface area (Å²) in [5.74, 6) is 0.763. The lowest BCUT2D eigenvalue weighted by Crippen LogP contribution is -3.00. The Balaban J connectivity index is 0.00000144. The number of halogens is 1. The normalized spacial score (nSPS) is 12.9. The van der Waals surface area contributed by atoms with E-state index in [9.17, 15) is 4.79 Å². The fourth-order valence-corrected chi connectivity index (χ4v) is 1.99. The summed E-state index contributed by atoms with van der Waals surface area (Å²) in [4.78, 5) is 16.0. The van der Waals surface area contributed by atoms with Crippen molar-refractivity contribution in [3.63, 3.8) is 0 Å². The molecule has 0 saturated heterocycles. The third-order valence-corrected chi connectivity index (χ3v) is 2.97. The van der Waals surface area contributed by atoms with Crippen LogP contribution in [0.25, 0.3) is 0 Å². The molecule has 0 saturated carbocycles. The Morgan fingerprint density at radius 3 is 2.94 bits per heavy atom. The van der Waals surface area contributed by atoms with E-state index in [1.165, 1.54) is 11.8 Å². The first-order valence-electron chi connectivity index (χ1n) is 4.85. The molecule has 0 aromatic heterocycles. The summed E-state index contributed by atoms with van der Waals surface area (Å²) in [7, 11) is 1.59. The highest BCUT2D eigenvalue weighted by Crippen LogP contribution is 2.17. The fourth-order valence-electron chi connectivity index (χ4n) is 1.38. The van der Waals surface area contributed by atoms with Gasteiger partial charge in [-0.2, -0.15) is 0 Å².